The van der Waals surface area contributed by atoms with Gasteiger partial charge in [-0.15, -0.1) is 0 Å². The lowest BCUT2D eigenvalue weighted by molar-refractivity contribution is -0.139. The number of fused-ring (bicyclic) bond motifs is 6. The standard InChI is InChI=1S/C28H37N5O2/c1-27-12-10-20-18(7-9-22-28(20,2)13-11-25(35)33(22)3)19(27)8-6-17(27)15-24(34)30-16-23-31-21-5-4-14-29-26(21)32-23/h4-5,11,13-14,17-20,22H,6-10,12,15-16H2,1-3H3,(H,30,34)(H,29,31,32)/t17-,18?,19?,20?,22?,27-,28-/m1/s1. The number of likely N-dealkylation sites (N-methyl/N-ethyl adjacent to an activating group) is 1. The predicted molar refractivity (Wildman–Crippen MR) is 134 cm³/mol. The second-order valence-electron chi connectivity index (χ2n) is 12.0. The van der Waals surface area contributed by atoms with Crippen molar-refractivity contribution in [3.05, 3.63) is 36.3 Å². The van der Waals surface area contributed by atoms with Gasteiger partial charge in [-0.25, -0.2) is 9.97 Å². The summed E-state index contributed by atoms with van der Waals surface area (Å²) in [6.07, 6.45) is 13.4. The molecule has 3 heterocycles. The number of amides is 2. The van der Waals surface area contributed by atoms with Crippen molar-refractivity contribution in [1.29, 1.82) is 0 Å². The van der Waals surface area contributed by atoms with E-state index >= 15 is 0 Å². The second-order valence-corrected chi connectivity index (χ2v) is 12.0. The Morgan fingerprint density at radius 1 is 1.20 bits per heavy atom. The monoisotopic (exact) mass is 475 g/mol. The molecule has 6 rings (SSSR count). The Morgan fingerprint density at radius 2 is 2.06 bits per heavy atom. The Morgan fingerprint density at radius 3 is 2.89 bits per heavy atom. The fraction of sp³-hybridized carbons (Fsp3) is 0.643. The lowest BCUT2D eigenvalue weighted by atomic mass is 9.47. The number of pyridine rings is 1. The first-order chi connectivity index (χ1) is 16.8. The zero-order chi connectivity index (χ0) is 24.4. The molecule has 4 aliphatic rings. The van der Waals surface area contributed by atoms with Crippen molar-refractivity contribution in [1.82, 2.24) is 25.2 Å². The molecular weight excluding hydrogens is 438 g/mol. The van der Waals surface area contributed by atoms with Gasteiger partial charge in [-0.3, -0.25) is 9.59 Å². The maximum Gasteiger partial charge on any atom is 0.246 e. The Labute approximate surface area is 207 Å². The molecule has 186 valence electrons. The average Bonchev–Trinajstić information content (AvgIpc) is 3.41. The largest absolute Gasteiger partial charge is 0.349 e. The van der Waals surface area contributed by atoms with E-state index in [9.17, 15) is 9.59 Å². The number of nitrogens with one attached hydrogen (secondary N) is 2. The highest BCUT2D eigenvalue weighted by molar-refractivity contribution is 5.89. The van der Waals surface area contributed by atoms with Gasteiger partial charge in [-0.1, -0.05) is 19.9 Å². The van der Waals surface area contributed by atoms with E-state index < -0.39 is 0 Å². The lowest BCUT2D eigenvalue weighted by Gasteiger charge is -2.60. The van der Waals surface area contributed by atoms with E-state index in [0.29, 0.717) is 48.3 Å². The van der Waals surface area contributed by atoms with Gasteiger partial charge < -0.3 is 15.2 Å². The summed E-state index contributed by atoms with van der Waals surface area (Å²) < 4.78 is 0. The van der Waals surface area contributed by atoms with Crippen LogP contribution in [-0.4, -0.2) is 44.8 Å². The summed E-state index contributed by atoms with van der Waals surface area (Å²) in [5.41, 5.74) is 1.88. The summed E-state index contributed by atoms with van der Waals surface area (Å²) in [7, 11) is 1.98. The minimum Gasteiger partial charge on any atom is -0.349 e. The van der Waals surface area contributed by atoms with Crippen molar-refractivity contribution in [2.24, 2.45) is 34.5 Å². The number of H-pyrrole nitrogens is 1. The number of imidazole rings is 1. The van der Waals surface area contributed by atoms with E-state index in [1.807, 2.05) is 30.2 Å². The van der Waals surface area contributed by atoms with Crippen molar-refractivity contribution in [3.8, 4) is 0 Å². The molecule has 0 saturated heterocycles. The molecule has 2 N–H and O–H groups in total. The summed E-state index contributed by atoms with van der Waals surface area (Å²) in [6, 6.07) is 4.15. The molecule has 0 aromatic carbocycles. The first-order valence-corrected chi connectivity index (χ1v) is 13.3. The molecule has 3 fully saturated rings. The van der Waals surface area contributed by atoms with E-state index in [4.69, 9.17) is 0 Å². The molecule has 4 unspecified atom stereocenters. The van der Waals surface area contributed by atoms with Crippen molar-refractivity contribution in [3.63, 3.8) is 0 Å². The van der Waals surface area contributed by atoms with Crippen molar-refractivity contribution >= 4 is 23.0 Å². The zero-order valence-electron chi connectivity index (χ0n) is 21.1. The number of carbonyl (C=O) groups is 2. The van der Waals surface area contributed by atoms with Gasteiger partial charge in [0.2, 0.25) is 11.8 Å². The van der Waals surface area contributed by atoms with Crippen LogP contribution in [0.2, 0.25) is 0 Å². The average molecular weight is 476 g/mol. The van der Waals surface area contributed by atoms with E-state index in [-0.39, 0.29) is 22.6 Å². The number of nitrogens with zero attached hydrogens (tertiary/aromatic N) is 3. The zero-order valence-corrected chi connectivity index (χ0v) is 21.1. The molecule has 7 atom stereocenters. The smallest absolute Gasteiger partial charge is 0.246 e. The molecule has 2 aromatic heterocycles. The van der Waals surface area contributed by atoms with Crippen molar-refractivity contribution in [2.45, 2.75) is 71.4 Å². The SMILES string of the molecule is CN1C(=O)C=C[C@]2(C)C3CC[C@@]4(C)C(CC[C@@H]4CC(=O)NCc4nc5ncccc5[nH]4)C3CCC12. The minimum atomic E-state index is 0.0732. The summed E-state index contributed by atoms with van der Waals surface area (Å²) >= 11 is 0. The van der Waals surface area contributed by atoms with Gasteiger partial charge in [0.1, 0.15) is 5.82 Å². The molecule has 7 nitrogen and oxygen atoms in total. The fourth-order valence-electron chi connectivity index (χ4n) is 8.64. The summed E-state index contributed by atoms with van der Waals surface area (Å²) in [5.74, 6) is 3.45. The maximum absolute atomic E-state index is 13.0. The van der Waals surface area contributed by atoms with Crippen LogP contribution in [0.25, 0.3) is 11.2 Å². The molecule has 2 aromatic rings. The Balaban J connectivity index is 1.12. The number of hydrogen-bond acceptors (Lipinski definition) is 4. The summed E-state index contributed by atoms with van der Waals surface area (Å²) in [4.78, 5) is 39.3. The van der Waals surface area contributed by atoms with Crippen LogP contribution in [0.3, 0.4) is 0 Å². The molecule has 35 heavy (non-hydrogen) atoms. The quantitative estimate of drug-likeness (QED) is 0.693. The predicted octanol–water partition coefficient (Wildman–Crippen LogP) is 4.22. The van der Waals surface area contributed by atoms with E-state index in [0.717, 1.165) is 24.2 Å². The highest BCUT2D eigenvalue weighted by Gasteiger charge is 2.60. The third-order valence-corrected chi connectivity index (χ3v) is 10.5. The van der Waals surface area contributed by atoms with Gasteiger partial charge in [0.25, 0.3) is 0 Å². The van der Waals surface area contributed by atoms with Gasteiger partial charge >= 0.3 is 0 Å². The number of carbonyl (C=O) groups excluding carboxylic acids is 2. The van der Waals surface area contributed by atoms with E-state index in [1.54, 1.807) is 6.20 Å². The highest BCUT2D eigenvalue weighted by Crippen LogP contribution is 2.65. The molecule has 0 radical (unpaired) electrons. The van der Waals surface area contributed by atoms with Crippen LogP contribution in [0.5, 0.6) is 0 Å². The minimum absolute atomic E-state index is 0.0732. The molecule has 3 aliphatic carbocycles. The molecule has 0 spiro atoms. The van der Waals surface area contributed by atoms with Crippen LogP contribution in [0.1, 0.15) is 64.6 Å². The highest BCUT2D eigenvalue weighted by atomic mass is 16.2. The topological polar surface area (TPSA) is 91.0 Å². The first-order valence-electron chi connectivity index (χ1n) is 13.3. The second kappa shape index (κ2) is 8.17. The van der Waals surface area contributed by atoms with E-state index in [2.05, 4.69) is 40.2 Å². The van der Waals surface area contributed by atoms with Crippen LogP contribution in [0, 0.1) is 34.5 Å². The van der Waals surface area contributed by atoms with Crippen LogP contribution >= 0.6 is 0 Å². The van der Waals surface area contributed by atoms with Gasteiger partial charge in [-0.2, -0.15) is 0 Å². The van der Waals surface area contributed by atoms with Gasteiger partial charge in [-0.05, 0) is 85.8 Å². The summed E-state index contributed by atoms with van der Waals surface area (Å²) in [5, 5.41) is 3.10. The Hall–Kier alpha value is -2.70. The number of hydrogen-bond donors (Lipinski definition) is 2. The fourth-order valence-corrected chi connectivity index (χ4v) is 8.64. The maximum atomic E-state index is 13.0. The van der Waals surface area contributed by atoms with Crippen molar-refractivity contribution < 1.29 is 9.59 Å². The van der Waals surface area contributed by atoms with Crippen LogP contribution in [0.15, 0.2) is 30.5 Å². The Bertz CT molecular complexity index is 1160. The summed E-state index contributed by atoms with van der Waals surface area (Å²) in [6.45, 7) is 5.26. The van der Waals surface area contributed by atoms with Gasteiger partial charge in [0, 0.05) is 31.1 Å². The van der Waals surface area contributed by atoms with Crippen LogP contribution < -0.4 is 5.32 Å². The molecule has 7 heteroatoms. The number of aromatic nitrogens is 3. The molecule has 3 saturated carbocycles. The van der Waals surface area contributed by atoms with Crippen molar-refractivity contribution in [2.75, 3.05) is 7.05 Å². The third kappa shape index (κ3) is 3.53. The molecular formula is C28H37N5O2. The normalized spacial score (nSPS) is 38.2. The Kier molecular flexibility index (Phi) is 5.31. The van der Waals surface area contributed by atoms with Crippen LogP contribution in [-0.2, 0) is 16.1 Å². The lowest BCUT2D eigenvalue weighted by Crippen LogP contribution is -2.59. The number of aromatic amines is 1. The van der Waals surface area contributed by atoms with E-state index in [1.165, 1.54) is 25.7 Å². The molecule has 0 bridgehead atoms. The first kappa shape index (κ1) is 22.7. The van der Waals surface area contributed by atoms with Gasteiger partial charge in [0.15, 0.2) is 5.65 Å². The van der Waals surface area contributed by atoms with Crippen LogP contribution in [0.4, 0.5) is 0 Å². The molecule has 2 amide bonds. The number of rotatable bonds is 4. The van der Waals surface area contributed by atoms with Gasteiger partial charge in [0.05, 0.1) is 12.1 Å². The third-order valence-electron chi connectivity index (χ3n) is 10.5. The molecule has 1 aliphatic heterocycles.